The molecule has 1 aromatic rings. The molecule has 1 aromatic carbocycles. The van der Waals surface area contributed by atoms with Gasteiger partial charge in [0.15, 0.2) is 0 Å². The maximum atomic E-state index is 12.4. The van der Waals surface area contributed by atoms with E-state index in [-0.39, 0.29) is 23.9 Å². The molecule has 0 bridgehead atoms. The van der Waals surface area contributed by atoms with Gasteiger partial charge in [0, 0.05) is 38.3 Å². The Labute approximate surface area is 127 Å². The van der Waals surface area contributed by atoms with Crippen LogP contribution in [0.4, 0.5) is 0 Å². The lowest BCUT2D eigenvalue weighted by atomic mass is 10.0. The van der Waals surface area contributed by atoms with Gasteiger partial charge in [-0.2, -0.15) is 0 Å². The van der Waals surface area contributed by atoms with Gasteiger partial charge < -0.3 is 10.6 Å². The van der Waals surface area contributed by atoms with Crippen LogP contribution in [0.3, 0.4) is 0 Å². The van der Waals surface area contributed by atoms with Crippen LogP contribution in [0.1, 0.15) is 26.3 Å². The van der Waals surface area contributed by atoms with Crippen LogP contribution in [0.2, 0.25) is 0 Å². The molecule has 2 rings (SSSR count). The van der Waals surface area contributed by atoms with Crippen LogP contribution in [0.5, 0.6) is 0 Å². The second-order valence-electron chi connectivity index (χ2n) is 6.25. The van der Waals surface area contributed by atoms with Crippen molar-refractivity contribution in [2.45, 2.75) is 39.4 Å². The summed E-state index contributed by atoms with van der Waals surface area (Å²) in [7, 11) is 0. The molecular formula is C17H27N3O. The molecule has 1 aliphatic heterocycles. The minimum atomic E-state index is -0.104. The Hall–Kier alpha value is -1.39. The average Bonchev–Trinajstić information content (AvgIpc) is 2.47. The zero-order valence-electron chi connectivity index (χ0n) is 13.3. The van der Waals surface area contributed by atoms with E-state index in [1.54, 1.807) is 0 Å². The van der Waals surface area contributed by atoms with Gasteiger partial charge in [0.1, 0.15) is 0 Å². The van der Waals surface area contributed by atoms with Crippen molar-refractivity contribution in [2.75, 3.05) is 19.6 Å². The second-order valence-corrected chi connectivity index (χ2v) is 6.25. The molecule has 3 unspecified atom stereocenters. The molecule has 3 atom stereocenters. The van der Waals surface area contributed by atoms with Crippen molar-refractivity contribution >= 4 is 5.91 Å². The third-order valence-corrected chi connectivity index (χ3v) is 4.42. The number of nitrogens with two attached hydrogens (primary N) is 1. The van der Waals surface area contributed by atoms with E-state index >= 15 is 0 Å². The molecule has 0 spiro atoms. The minimum Gasteiger partial charge on any atom is -0.337 e. The molecule has 2 N–H and O–H groups in total. The quantitative estimate of drug-likeness (QED) is 0.918. The van der Waals surface area contributed by atoms with Crippen LogP contribution in [0, 0.1) is 5.92 Å². The summed E-state index contributed by atoms with van der Waals surface area (Å²) in [4.78, 5) is 16.9. The standard InChI is InChI=1S/C17H27N3O/c1-13-11-19(12-16-7-5-4-6-8-16)9-10-20(13)17(21)14(2)15(3)18/h4-8,13-15H,9-12,18H2,1-3H3. The fraction of sp³-hybridized carbons (Fsp3) is 0.588. The number of carbonyl (C=O) groups excluding carboxylic acids is 1. The molecule has 1 amide bonds. The average molecular weight is 289 g/mol. The van der Waals surface area contributed by atoms with Gasteiger partial charge in [-0.15, -0.1) is 0 Å². The summed E-state index contributed by atoms with van der Waals surface area (Å²) in [6, 6.07) is 10.6. The van der Waals surface area contributed by atoms with Crippen LogP contribution in [-0.4, -0.2) is 47.4 Å². The Morgan fingerprint density at radius 3 is 2.52 bits per heavy atom. The topological polar surface area (TPSA) is 49.6 Å². The van der Waals surface area contributed by atoms with Gasteiger partial charge >= 0.3 is 0 Å². The summed E-state index contributed by atoms with van der Waals surface area (Å²) < 4.78 is 0. The molecule has 4 nitrogen and oxygen atoms in total. The zero-order chi connectivity index (χ0) is 15.4. The third kappa shape index (κ3) is 4.05. The molecule has 0 aromatic heterocycles. The van der Waals surface area contributed by atoms with E-state index in [0.717, 1.165) is 26.2 Å². The lowest BCUT2D eigenvalue weighted by Crippen LogP contribution is -2.56. The Morgan fingerprint density at radius 1 is 1.29 bits per heavy atom. The van der Waals surface area contributed by atoms with Gasteiger partial charge in [0.25, 0.3) is 0 Å². The van der Waals surface area contributed by atoms with E-state index < -0.39 is 0 Å². The van der Waals surface area contributed by atoms with Gasteiger partial charge in [-0.25, -0.2) is 0 Å². The molecule has 1 fully saturated rings. The monoisotopic (exact) mass is 289 g/mol. The Balaban J connectivity index is 1.91. The number of hydrogen-bond acceptors (Lipinski definition) is 3. The fourth-order valence-electron chi connectivity index (χ4n) is 2.83. The molecule has 4 heteroatoms. The van der Waals surface area contributed by atoms with Crippen LogP contribution in [0.15, 0.2) is 30.3 Å². The fourth-order valence-corrected chi connectivity index (χ4v) is 2.83. The number of amides is 1. The third-order valence-electron chi connectivity index (χ3n) is 4.42. The predicted molar refractivity (Wildman–Crippen MR) is 85.7 cm³/mol. The number of piperazine rings is 1. The van der Waals surface area contributed by atoms with Crippen molar-refractivity contribution in [2.24, 2.45) is 11.7 Å². The van der Waals surface area contributed by atoms with Crippen molar-refractivity contribution in [1.82, 2.24) is 9.80 Å². The van der Waals surface area contributed by atoms with E-state index in [1.165, 1.54) is 5.56 Å². The SMILES string of the molecule is CC(N)C(C)C(=O)N1CCN(Cc2ccccc2)CC1C. The maximum Gasteiger partial charge on any atom is 0.227 e. The summed E-state index contributed by atoms with van der Waals surface area (Å²) in [5, 5.41) is 0. The smallest absolute Gasteiger partial charge is 0.227 e. The first-order valence-corrected chi connectivity index (χ1v) is 7.81. The normalized spacial score (nSPS) is 22.9. The summed E-state index contributed by atoms with van der Waals surface area (Å²) in [6.45, 7) is 9.56. The van der Waals surface area contributed by atoms with E-state index in [1.807, 2.05) is 24.8 Å². The van der Waals surface area contributed by atoms with E-state index in [9.17, 15) is 4.79 Å². The lowest BCUT2D eigenvalue weighted by molar-refractivity contribution is -0.140. The van der Waals surface area contributed by atoms with Crippen LogP contribution in [0.25, 0.3) is 0 Å². The molecule has 21 heavy (non-hydrogen) atoms. The second kappa shape index (κ2) is 7.05. The Kier molecular flexibility index (Phi) is 5.37. The molecular weight excluding hydrogens is 262 g/mol. The molecule has 1 heterocycles. The predicted octanol–water partition coefficient (Wildman–Crippen LogP) is 1.70. The minimum absolute atomic E-state index is 0.0907. The first-order valence-electron chi connectivity index (χ1n) is 7.81. The molecule has 116 valence electrons. The van der Waals surface area contributed by atoms with Crippen molar-refractivity contribution in [3.63, 3.8) is 0 Å². The zero-order valence-corrected chi connectivity index (χ0v) is 13.3. The van der Waals surface area contributed by atoms with Crippen molar-refractivity contribution in [3.8, 4) is 0 Å². The summed E-state index contributed by atoms with van der Waals surface area (Å²) in [6.07, 6.45) is 0. The summed E-state index contributed by atoms with van der Waals surface area (Å²) in [5.74, 6) is 0.0879. The van der Waals surface area contributed by atoms with Crippen molar-refractivity contribution in [1.29, 1.82) is 0 Å². The van der Waals surface area contributed by atoms with E-state index in [0.29, 0.717) is 0 Å². The van der Waals surface area contributed by atoms with E-state index in [4.69, 9.17) is 5.73 Å². The van der Waals surface area contributed by atoms with Crippen LogP contribution >= 0.6 is 0 Å². The highest BCUT2D eigenvalue weighted by Crippen LogP contribution is 2.16. The summed E-state index contributed by atoms with van der Waals surface area (Å²) >= 11 is 0. The van der Waals surface area contributed by atoms with Gasteiger partial charge in [-0.3, -0.25) is 9.69 Å². The molecule has 1 aliphatic rings. The van der Waals surface area contributed by atoms with Gasteiger partial charge in [-0.1, -0.05) is 37.3 Å². The highest BCUT2D eigenvalue weighted by Gasteiger charge is 2.31. The number of benzene rings is 1. The van der Waals surface area contributed by atoms with Gasteiger partial charge in [0.2, 0.25) is 5.91 Å². The molecule has 0 aliphatic carbocycles. The largest absolute Gasteiger partial charge is 0.337 e. The summed E-state index contributed by atoms with van der Waals surface area (Å²) in [5.41, 5.74) is 7.19. The van der Waals surface area contributed by atoms with Crippen LogP contribution < -0.4 is 5.73 Å². The van der Waals surface area contributed by atoms with Crippen molar-refractivity contribution < 1.29 is 4.79 Å². The first-order chi connectivity index (χ1) is 9.99. The number of nitrogens with zero attached hydrogens (tertiary/aromatic N) is 2. The molecule has 1 saturated heterocycles. The van der Waals surface area contributed by atoms with Crippen LogP contribution in [-0.2, 0) is 11.3 Å². The van der Waals surface area contributed by atoms with Gasteiger partial charge in [0.05, 0.1) is 5.92 Å². The lowest BCUT2D eigenvalue weighted by Gasteiger charge is -2.41. The van der Waals surface area contributed by atoms with Gasteiger partial charge in [-0.05, 0) is 19.4 Å². The number of rotatable bonds is 4. The number of hydrogen-bond donors (Lipinski definition) is 1. The highest BCUT2D eigenvalue weighted by molar-refractivity contribution is 5.79. The molecule has 0 radical (unpaired) electrons. The van der Waals surface area contributed by atoms with Crippen molar-refractivity contribution in [3.05, 3.63) is 35.9 Å². The Morgan fingerprint density at radius 2 is 1.95 bits per heavy atom. The highest BCUT2D eigenvalue weighted by atomic mass is 16.2. The molecule has 0 saturated carbocycles. The Bertz CT molecular complexity index is 460. The first kappa shape index (κ1) is 16.0. The maximum absolute atomic E-state index is 12.4. The number of carbonyl (C=O) groups is 1. The van der Waals surface area contributed by atoms with E-state index in [2.05, 4.69) is 36.1 Å².